The van der Waals surface area contributed by atoms with Gasteiger partial charge in [-0.1, -0.05) is 13.8 Å². The molecule has 1 aliphatic carbocycles. The molecule has 2 rings (SSSR count). The number of benzene rings is 1. The predicted octanol–water partition coefficient (Wildman–Crippen LogP) is 4.21. The monoisotopic (exact) mass is 379 g/mol. The van der Waals surface area contributed by atoms with Crippen LogP contribution in [0.5, 0.6) is 0 Å². The summed E-state index contributed by atoms with van der Waals surface area (Å²) in [6, 6.07) is 2.88. The summed E-state index contributed by atoms with van der Waals surface area (Å²) in [5, 5.41) is 2.83. The maximum Gasteiger partial charge on any atom is 0.229 e. The third-order valence-corrected chi connectivity index (χ3v) is 6.10. The van der Waals surface area contributed by atoms with Crippen molar-refractivity contribution in [1.29, 1.82) is 0 Å². The molecule has 1 N–H and O–H groups in total. The number of carbonyl (C=O) groups excluding carboxylic acids is 1. The van der Waals surface area contributed by atoms with Gasteiger partial charge in [-0.25, -0.2) is 8.78 Å². The van der Waals surface area contributed by atoms with E-state index in [1.807, 2.05) is 13.8 Å². The summed E-state index contributed by atoms with van der Waals surface area (Å²) in [5.74, 6) is -1.40. The molecule has 0 heterocycles. The normalized spacial score (nSPS) is 26.0. The second kappa shape index (κ2) is 7.14. The molecule has 24 heavy (non-hydrogen) atoms. The van der Waals surface area contributed by atoms with Gasteiger partial charge in [0.05, 0.1) is 18.6 Å². The summed E-state index contributed by atoms with van der Waals surface area (Å²) < 4.78 is 30.9. The van der Waals surface area contributed by atoms with Gasteiger partial charge in [-0.05, 0) is 31.5 Å². The number of alkyl halides is 2. The van der Waals surface area contributed by atoms with Crippen LogP contribution in [0.3, 0.4) is 0 Å². The number of ether oxygens (including phenoxy) is 1. The lowest BCUT2D eigenvalue weighted by Crippen LogP contribution is -2.42. The van der Waals surface area contributed by atoms with E-state index in [1.165, 1.54) is 0 Å². The number of nitrogens with one attached hydrogen (secondary N) is 1. The van der Waals surface area contributed by atoms with Crippen LogP contribution in [0.1, 0.15) is 32.8 Å². The Morgan fingerprint density at radius 1 is 1.42 bits per heavy atom. The summed E-state index contributed by atoms with van der Waals surface area (Å²) in [7, 11) is 0. The molecular formula is C17H21Cl2F2NO2. The third kappa shape index (κ3) is 3.39. The summed E-state index contributed by atoms with van der Waals surface area (Å²) in [6.07, 6.45) is 0.537. The first-order valence-electron chi connectivity index (χ1n) is 7.87. The van der Waals surface area contributed by atoms with Crippen LogP contribution < -0.4 is 5.32 Å². The number of carbonyl (C=O) groups is 1. The van der Waals surface area contributed by atoms with E-state index in [0.29, 0.717) is 6.42 Å². The van der Waals surface area contributed by atoms with Gasteiger partial charge in [-0.3, -0.25) is 4.79 Å². The minimum absolute atomic E-state index is 0.0753. The second-order valence-electron chi connectivity index (χ2n) is 6.29. The van der Waals surface area contributed by atoms with E-state index in [-0.39, 0.29) is 36.6 Å². The highest BCUT2D eigenvalue weighted by Crippen LogP contribution is 2.70. The van der Waals surface area contributed by atoms with Crippen LogP contribution >= 0.6 is 23.2 Å². The van der Waals surface area contributed by atoms with E-state index in [9.17, 15) is 13.6 Å². The Labute approximate surface area is 150 Å². The van der Waals surface area contributed by atoms with Crippen molar-refractivity contribution >= 4 is 29.1 Å². The average molecular weight is 380 g/mol. The van der Waals surface area contributed by atoms with E-state index in [0.717, 1.165) is 18.2 Å². The number of hydrogen-bond acceptors (Lipinski definition) is 2. The summed E-state index contributed by atoms with van der Waals surface area (Å²) in [4.78, 5) is 12.5. The number of amides is 1. The van der Waals surface area contributed by atoms with E-state index >= 15 is 0 Å². The molecule has 1 aliphatic rings. The second-order valence-corrected chi connectivity index (χ2v) is 7.68. The maximum absolute atomic E-state index is 13.5. The molecule has 0 spiro atoms. The molecule has 0 aliphatic heterocycles. The number of rotatable bonds is 7. The molecule has 1 aromatic carbocycles. The molecule has 1 saturated carbocycles. The van der Waals surface area contributed by atoms with Gasteiger partial charge in [0.2, 0.25) is 5.91 Å². The van der Waals surface area contributed by atoms with Crippen molar-refractivity contribution in [3.05, 3.63) is 35.4 Å². The predicted molar refractivity (Wildman–Crippen MR) is 89.9 cm³/mol. The van der Waals surface area contributed by atoms with E-state index in [2.05, 4.69) is 5.32 Å². The van der Waals surface area contributed by atoms with Crippen molar-refractivity contribution in [2.75, 3.05) is 6.61 Å². The Bertz CT molecular complexity index is 627. The first-order chi connectivity index (χ1) is 11.2. The smallest absolute Gasteiger partial charge is 0.229 e. The molecule has 1 fully saturated rings. The highest BCUT2D eigenvalue weighted by Gasteiger charge is 2.76. The zero-order chi connectivity index (χ0) is 18.1. The van der Waals surface area contributed by atoms with Gasteiger partial charge in [-0.15, -0.1) is 23.2 Å². The molecule has 3 atom stereocenters. The van der Waals surface area contributed by atoms with Gasteiger partial charge in [0.1, 0.15) is 16.0 Å². The van der Waals surface area contributed by atoms with Crippen LogP contribution in [0.15, 0.2) is 18.2 Å². The zero-order valence-electron chi connectivity index (χ0n) is 13.8. The van der Waals surface area contributed by atoms with Crippen molar-refractivity contribution < 1.29 is 18.3 Å². The Morgan fingerprint density at radius 2 is 2.04 bits per heavy atom. The van der Waals surface area contributed by atoms with Crippen LogP contribution in [0.2, 0.25) is 0 Å². The highest BCUT2D eigenvalue weighted by atomic mass is 35.5. The van der Waals surface area contributed by atoms with Crippen LogP contribution in [0.25, 0.3) is 0 Å². The van der Waals surface area contributed by atoms with Crippen LogP contribution in [-0.4, -0.2) is 22.9 Å². The van der Waals surface area contributed by atoms with Crippen molar-refractivity contribution in [2.24, 2.45) is 11.3 Å². The molecule has 0 aromatic heterocycles. The fraction of sp³-hybridized carbons (Fsp3) is 0.588. The van der Waals surface area contributed by atoms with Crippen LogP contribution in [0, 0.1) is 23.0 Å². The fourth-order valence-corrected chi connectivity index (χ4v) is 4.11. The fourth-order valence-electron chi connectivity index (χ4n) is 3.08. The Balaban J connectivity index is 1.85. The molecule has 3 nitrogen and oxygen atoms in total. The Hall–Kier alpha value is -0.910. The van der Waals surface area contributed by atoms with Crippen molar-refractivity contribution in [1.82, 2.24) is 5.32 Å². The number of halogens is 4. The van der Waals surface area contributed by atoms with Crippen molar-refractivity contribution in [2.45, 2.75) is 44.2 Å². The number of hydrogen-bond donors (Lipinski definition) is 1. The zero-order valence-corrected chi connectivity index (χ0v) is 15.3. The first-order valence-corrected chi connectivity index (χ1v) is 8.62. The van der Waals surface area contributed by atoms with Gasteiger partial charge < -0.3 is 10.1 Å². The summed E-state index contributed by atoms with van der Waals surface area (Å²) in [5.41, 5.74) is -0.658. The summed E-state index contributed by atoms with van der Waals surface area (Å²) in [6.45, 7) is 5.56. The van der Waals surface area contributed by atoms with Crippen molar-refractivity contribution in [3.8, 4) is 0 Å². The molecule has 0 radical (unpaired) electrons. The standard InChI is InChI=1S/C17H21Cl2F2NO2/c1-4-16(11(3)17(16,18)19)15(23)22-10(2)8-24-9-12-7-13(20)5-6-14(12)21/h5-7,10-11H,4,8-9H2,1-3H3,(H,22,23)/t10-,11+,16+/m0/s1. The highest BCUT2D eigenvalue weighted by molar-refractivity contribution is 6.53. The molecular weight excluding hydrogens is 359 g/mol. The van der Waals surface area contributed by atoms with E-state index < -0.39 is 21.4 Å². The van der Waals surface area contributed by atoms with Gasteiger partial charge >= 0.3 is 0 Å². The van der Waals surface area contributed by atoms with Crippen LogP contribution in [-0.2, 0) is 16.1 Å². The van der Waals surface area contributed by atoms with Crippen LogP contribution in [0.4, 0.5) is 8.78 Å². The van der Waals surface area contributed by atoms with Crippen molar-refractivity contribution in [3.63, 3.8) is 0 Å². The molecule has 0 saturated heterocycles. The van der Waals surface area contributed by atoms with Gasteiger partial charge in [0.25, 0.3) is 0 Å². The molecule has 0 bridgehead atoms. The SMILES string of the molecule is CC[C@]1(C(=O)N[C@@H](C)COCc2cc(F)ccc2F)[C@@H](C)C1(Cl)Cl. The van der Waals surface area contributed by atoms with E-state index in [1.54, 1.807) is 6.92 Å². The molecule has 7 heteroatoms. The van der Waals surface area contributed by atoms with Gasteiger partial charge in [-0.2, -0.15) is 0 Å². The maximum atomic E-state index is 13.5. The molecule has 1 amide bonds. The molecule has 134 valence electrons. The van der Waals surface area contributed by atoms with E-state index in [4.69, 9.17) is 27.9 Å². The minimum atomic E-state index is -1.06. The molecule has 1 aromatic rings. The quantitative estimate of drug-likeness (QED) is 0.720. The minimum Gasteiger partial charge on any atom is -0.375 e. The first kappa shape index (κ1) is 19.4. The third-order valence-electron chi connectivity index (χ3n) is 4.77. The lowest BCUT2D eigenvalue weighted by atomic mass is 9.99. The molecule has 0 unspecified atom stereocenters. The lowest BCUT2D eigenvalue weighted by molar-refractivity contribution is -0.128. The largest absolute Gasteiger partial charge is 0.375 e. The Kier molecular flexibility index (Phi) is 5.78. The van der Waals surface area contributed by atoms with Gasteiger partial charge in [0.15, 0.2) is 0 Å². The Morgan fingerprint density at radius 3 is 2.58 bits per heavy atom. The summed E-state index contributed by atoms with van der Waals surface area (Å²) >= 11 is 12.4. The lowest BCUT2D eigenvalue weighted by Gasteiger charge is -2.20. The van der Waals surface area contributed by atoms with Gasteiger partial charge in [0, 0.05) is 17.5 Å². The topological polar surface area (TPSA) is 38.3 Å². The average Bonchev–Trinajstić information content (AvgIpc) is 2.96.